The number of amides is 1. The van der Waals surface area contributed by atoms with Gasteiger partial charge < -0.3 is 5.11 Å². The Morgan fingerprint density at radius 3 is 1.86 bits per heavy atom. The van der Waals surface area contributed by atoms with Crippen LogP contribution >= 0.6 is 0 Å². The third-order valence-electron chi connectivity index (χ3n) is 3.11. The predicted molar refractivity (Wildman–Crippen MR) is 77.4 cm³/mol. The summed E-state index contributed by atoms with van der Waals surface area (Å²) in [7, 11) is -7.84. The van der Waals surface area contributed by atoms with E-state index < -0.39 is 50.0 Å². The molecule has 1 rings (SSSR count). The Kier molecular flexibility index (Phi) is 5.17. The number of hydrogen-bond donors (Lipinski definition) is 1. The van der Waals surface area contributed by atoms with E-state index >= 15 is 0 Å². The van der Waals surface area contributed by atoms with Crippen LogP contribution in [0, 0.1) is 5.41 Å². The largest absolute Gasteiger partial charge is 0.465 e. The molecular weight excluding hydrogens is 338 g/mol. The van der Waals surface area contributed by atoms with Gasteiger partial charge in [-0.05, 0) is 5.41 Å². The first kappa shape index (κ1) is 19.1. The van der Waals surface area contributed by atoms with Gasteiger partial charge in [0.1, 0.15) is 12.2 Å². The van der Waals surface area contributed by atoms with Crippen molar-refractivity contribution < 1.29 is 35.1 Å². The second kappa shape index (κ2) is 5.95. The highest BCUT2D eigenvalue weighted by atomic mass is 32.2. The lowest BCUT2D eigenvalue weighted by atomic mass is 9.83. The van der Waals surface area contributed by atoms with Crippen LogP contribution in [-0.2, 0) is 28.6 Å². The molecule has 22 heavy (non-hydrogen) atoms. The van der Waals surface area contributed by atoms with E-state index in [9.17, 15) is 26.7 Å². The third kappa shape index (κ3) is 5.07. The first-order valence-electron chi connectivity index (χ1n) is 6.38. The summed E-state index contributed by atoms with van der Waals surface area (Å²) in [6.07, 6.45) is -2.17. The van der Waals surface area contributed by atoms with Crippen molar-refractivity contribution in [3.05, 3.63) is 0 Å². The SMILES string of the molecule is CC(C)(C)C1[C@H](OS(C)(=O)=O)[C@@H](OS(C)(=O)=O)CN1C(=O)O. The molecule has 9 nitrogen and oxygen atoms in total. The van der Waals surface area contributed by atoms with E-state index in [-0.39, 0.29) is 6.54 Å². The van der Waals surface area contributed by atoms with Crippen LogP contribution in [0.5, 0.6) is 0 Å². The molecule has 0 aliphatic carbocycles. The van der Waals surface area contributed by atoms with E-state index in [0.717, 1.165) is 17.4 Å². The van der Waals surface area contributed by atoms with E-state index in [1.165, 1.54) is 0 Å². The molecule has 3 atom stereocenters. The van der Waals surface area contributed by atoms with Gasteiger partial charge in [-0.2, -0.15) is 16.8 Å². The summed E-state index contributed by atoms with van der Waals surface area (Å²) < 4.78 is 55.4. The van der Waals surface area contributed by atoms with E-state index in [1.807, 2.05) is 0 Å². The molecule has 1 aliphatic rings. The summed E-state index contributed by atoms with van der Waals surface area (Å²) in [6, 6.07) is -0.883. The van der Waals surface area contributed by atoms with E-state index in [0.29, 0.717) is 0 Å². The van der Waals surface area contributed by atoms with Gasteiger partial charge in [-0.15, -0.1) is 0 Å². The van der Waals surface area contributed by atoms with Gasteiger partial charge in [-0.1, -0.05) is 20.8 Å². The molecule has 1 saturated heterocycles. The number of carbonyl (C=O) groups is 1. The minimum atomic E-state index is -3.93. The smallest absolute Gasteiger partial charge is 0.407 e. The molecule has 1 amide bonds. The summed E-state index contributed by atoms with van der Waals surface area (Å²) in [6.45, 7) is 4.81. The molecule has 1 aliphatic heterocycles. The predicted octanol–water partition coefficient (Wildman–Crippen LogP) is 0.0843. The number of rotatable bonds is 4. The normalized spacial score (nSPS) is 27.1. The monoisotopic (exact) mass is 359 g/mol. The van der Waals surface area contributed by atoms with Crippen molar-refractivity contribution in [3.63, 3.8) is 0 Å². The lowest BCUT2D eigenvalue weighted by Crippen LogP contribution is -2.49. The molecule has 11 heteroatoms. The number of carboxylic acid groups (broad SMARTS) is 1. The van der Waals surface area contributed by atoms with Crippen LogP contribution in [0.2, 0.25) is 0 Å². The Morgan fingerprint density at radius 2 is 1.55 bits per heavy atom. The van der Waals surface area contributed by atoms with Gasteiger partial charge in [-0.25, -0.2) is 4.79 Å². The zero-order valence-corrected chi connectivity index (χ0v) is 14.6. The van der Waals surface area contributed by atoms with Crippen LogP contribution in [-0.4, -0.2) is 70.2 Å². The summed E-state index contributed by atoms with van der Waals surface area (Å²) in [4.78, 5) is 12.3. The van der Waals surface area contributed by atoms with Gasteiger partial charge in [0.15, 0.2) is 0 Å². The van der Waals surface area contributed by atoms with Crippen LogP contribution in [0.15, 0.2) is 0 Å². The Morgan fingerprint density at radius 1 is 1.09 bits per heavy atom. The van der Waals surface area contributed by atoms with Crippen molar-refractivity contribution in [2.75, 3.05) is 19.1 Å². The first-order valence-corrected chi connectivity index (χ1v) is 10.0. The number of likely N-dealkylation sites (tertiary alicyclic amines) is 1. The van der Waals surface area contributed by atoms with Crippen LogP contribution in [0.1, 0.15) is 20.8 Å². The van der Waals surface area contributed by atoms with Gasteiger partial charge in [0.25, 0.3) is 20.2 Å². The molecule has 0 radical (unpaired) electrons. The van der Waals surface area contributed by atoms with E-state index in [1.54, 1.807) is 20.8 Å². The van der Waals surface area contributed by atoms with Crippen molar-refractivity contribution in [1.82, 2.24) is 4.90 Å². The average molecular weight is 359 g/mol. The lowest BCUT2D eigenvalue weighted by Gasteiger charge is -2.36. The van der Waals surface area contributed by atoms with Gasteiger partial charge in [-0.3, -0.25) is 13.3 Å². The molecule has 1 N–H and O–H groups in total. The van der Waals surface area contributed by atoms with E-state index in [2.05, 4.69) is 0 Å². The van der Waals surface area contributed by atoms with Crippen molar-refractivity contribution >= 4 is 26.3 Å². The van der Waals surface area contributed by atoms with Gasteiger partial charge in [0.2, 0.25) is 0 Å². The van der Waals surface area contributed by atoms with Crippen molar-refractivity contribution in [2.24, 2.45) is 5.41 Å². The zero-order valence-electron chi connectivity index (χ0n) is 13.0. The fraction of sp³-hybridized carbons (Fsp3) is 0.909. The van der Waals surface area contributed by atoms with Crippen molar-refractivity contribution in [2.45, 2.75) is 39.0 Å². The maximum absolute atomic E-state index is 11.5. The third-order valence-corrected chi connectivity index (χ3v) is 4.28. The van der Waals surface area contributed by atoms with Crippen molar-refractivity contribution in [1.29, 1.82) is 0 Å². The van der Waals surface area contributed by atoms with Crippen LogP contribution in [0.25, 0.3) is 0 Å². The molecular formula is C11H21NO8S2. The molecule has 0 aromatic heterocycles. The quantitative estimate of drug-likeness (QED) is 0.699. The molecule has 130 valence electrons. The Labute approximate surface area is 130 Å². The second-order valence-corrected chi connectivity index (χ2v) is 9.55. The average Bonchev–Trinajstić information content (AvgIpc) is 2.51. The van der Waals surface area contributed by atoms with Crippen molar-refractivity contribution in [3.8, 4) is 0 Å². The standard InChI is InChI=1S/C11H21NO8S2/c1-11(2,3)9-8(20-22(5,17)18)7(19-21(4,15)16)6-12(9)10(13)14/h7-9H,6H2,1-5H3,(H,13,14)/t7-,8+,9?/m0/s1. The van der Waals surface area contributed by atoms with Gasteiger partial charge in [0, 0.05) is 0 Å². The summed E-state index contributed by atoms with van der Waals surface area (Å²) >= 11 is 0. The zero-order chi connectivity index (χ0) is 17.5. The molecule has 0 bridgehead atoms. The fourth-order valence-corrected chi connectivity index (χ4v) is 3.83. The topological polar surface area (TPSA) is 127 Å². The van der Waals surface area contributed by atoms with Crippen LogP contribution in [0.4, 0.5) is 4.79 Å². The molecule has 1 unspecified atom stereocenters. The Bertz CT molecular complexity index is 633. The molecule has 1 fully saturated rings. The summed E-state index contributed by atoms with van der Waals surface area (Å²) in [5.74, 6) is 0. The molecule has 0 saturated carbocycles. The van der Waals surface area contributed by atoms with Gasteiger partial charge >= 0.3 is 6.09 Å². The molecule has 0 spiro atoms. The summed E-state index contributed by atoms with van der Waals surface area (Å²) in [5, 5.41) is 9.30. The first-order chi connectivity index (χ1) is 9.62. The van der Waals surface area contributed by atoms with Crippen LogP contribution < -0.4 is 0 Å². The highest BCUT2D eigenvalue weighted by Gasteiger charge is 2.53. The lowest BCUT2D eigenvalue weighted by molar-refractivity contribution is 0.0376. The highest BCUT2D eigenvalue weighted by Crippen LogP contribution is 2.37. The minimum absolute atomic E-state index is 0.301. The Balaban J connectivity index is 3.30. The Hall–Kier alpha value is -0.910. The minimum Gasteiger partial charge on any atom is -0.465 e. The fourth-order valence-electron chi connectivity index (χ4n) is 2.58. The highest BCUT2D eigenvalue weighted by molar-refractivity contribution is 7.86. The molecule has 1 heterocycles. The second-order valence-electron chi connectivity index (χ2n) is 6.35. The number of hydrogen-bond acceptors (Lipinski definition) is 7. The summed E-state index contributed by atoms with van der Waals surface area (Å²) in [5.41, 5.74) is -0.691. The molecule has 0 aromatic rings. The maximum atomic E-state index is 11.5. The van der Waals surface area contributed by atoms with E-state index in [4.69, 9.17) is 8.37 Å². The number of nitrogens with zero attached hydrogens (tertiary/aromatic N) is 1. The van der Waals surface area contributed by atoms with Crippen LogP contribution in [0.3, 0.4) is 0 Å². The molecule has 0 aromatic carbocycles. The van der Waals surface area contributed by atoms with Gasteiger partial charge in [0.05, 0.1) is 25.1 Å². The maximum Gasteiger partial charge on any atom is 0.407 e.